The van der Waals surface area contributed by atoms with Crippen LogP contribution in [0.1, 0.15) is 0 Å². The van der Waals surface area contributed by atoms with E-state index in [-0.39, 0.29) is 0 Å². The maximum Gasteiger partial charge on any atom is 0.187 e. The SMILES string of the molecule is CSc1ccc(-c2csc(Nc3ccc(S(C)(=O)=O)cc3)n2)cc1. The summed E-state index contributed by atoms with van der Waals surface area (Å²) in [6.45, 7) is 0. The van der Waals surface area contributed by atoms with Gasteiger partial charge in [-0.2, -0.15) is 0 Å². The van der Waals surface area contributed by atoms with Crippen molar-refractivity contribution in [1.82, 2.24) is 4.98 Å². The summed E-state index contributed by atoms with van der Waals surface area (Å²) >= 11 is 3.22. The molecule has 0 aliphatic carbocycles. The lowest BCUT2D eigenvalue weighted by Gasteiger charge is -2.04. The Hall–Kier alpha value is -1.83. The van der Waals surface area contributed by atoms with E-state index < -0.39 is 9.84 Å². The highest BCUT2D eigenvalue weighted by Gasteiger charge is 2.08. The van der Waals surface area contributed by atoms with Gasteiger partial charge in [0, 0.05) is 27.8 Å². The number of benzene rings is 2. The van der Waals surface area contributed by atoms with Crippen LogP contribution in [0.4, 0.5) is 10.8 Å². The van der Waals surface area contributed by atoms with Crippen LogP contribution in [-0.2, 0) is 9.84 Å². The number of thioether (sulfide) groups is 1. The molecule has 0 bridgehead atoms. The summed E-state index contributed by atoms with van der Waals surface area (Å²) in [5, 5.41) is 5.97. The largest absolute Gasteiger partial charge is 0.332 e. The molecule has 1 aromatic heterocycles. The predicted octanol–water partition coefficient (Wildman–Crippen LogP) is 4.68. The average Bonchev–Trinajstić information content (AvgIpc) is 3.03. The summed E-state index contributed by atoms with van der Waals surface area (Å²) in [4.78, 5) is 6.11. The van der Waals surface area contributed by atoms with Crippen LogP contribution in [0.2, 0.25) is 0 Å². The zero-order chi connectivity index (χ0) is 17.2. The third kappa shape index (κ3) is 3.98. The Labute approximate surface area is 149 Å². The molecule has 0 amide bonds. The Kier molecular flexibility index (Phi) is 4.93. The van der Waals surface area contributed by atoms with E-state index in [0.717, 1.165) is 22.1 Å². The molecule has 3 aromatic rings. The lowest BCUT2D eigenvalue weighted by Crippen LogP contribution is -1.97. The molecule has 124 valence electrons. The molecule has 0 fully saturated rings. The highest BCUT2D eigenvalue weighted by atomic mass is 32.2. The van der Waals surface area contributed by atoms with Crippen LogP contribution < -0.4 is 5.32 Å². The fourth-order valence-corrected chi connectivity index (χ4v) is 3.91. The molecular formula is C17H16N2O2S3. The number of rotatable bonds is 5. The number of nitrogens with one attached hydrogen (secondary N) is 1. The Morgan fingerprint density at radius 2 is 1.71 bits per heavy atom. The quantitative estimate of drug-likeness (QED) is 0.655. The highest BCUT2D eigenvalue weighted by Crippen LogP contribution is 2.28. The van der Waals surface area contributed by atoms with Crippen LogP contribution in [0.5, 0.6) is 0 Å². The van der Waals surface area contributed by atoms with E-state index in [1.807, 2.05) is 5.38 Å². The Morgan fingerprint density at radius 1 is 1.04 bits per heavy atom. The molecule has 3 rings (SSSR count). The lowest BCUT2D eigenvalue weighted by atomic mass is 10.2. The second-order valence-electron chi connectivity index (χ2n) is 5.19. The minimum Gasteiger partial charge on any atom is -0.332 e. The molecule has 0 radical (unpaired) electrons. The van der Waals surface area contributed by atoms with Crippen LogP contribution in [0.15, 0.2) is 63.7 Å². The maximum atomic E-state index is 11.5. The number of hydrogen-bond acceptors (Lipinski definition) is 6. The van der Waals surface area contributed by atoms with E-state index in [1.165, 1.54) is 22.5 Å². The average molecular weight is 377 g/mol. The van der Waals surface area contributed by atoms with Gasteiger partial charge in [-0.05, 0) is 42.7 Å². The monoisotopic (exact) mass is 376 g/mol. The summed E-state index contributed by atoms with van der Waals surface area (Å²) in [6, 6.07) is 14.9. The molecule has 0 aliphatic heterocycles. The van der Waals surface area contributed by atoms with Gasteiger partial charge in [0.05, 0.1) is 10.6 Å². The second-order valence-corrected chi connectivity index (χ2v) is 8.94. The first kappa shape index (κ1) is 17.0. The molecule has 0 saturated heterocycles. The van der Waals surface area contributed by atoms with Crippen molar-refractivity contribution in [1.29, 1.82) is 0 Å². The Morgan fingerprint density at radius 3 is 2.29 bits per heavy atom. The number of hydrogen-bond donors (Lipinski definition) is 1. The molecule has 0 spiro atoms. The van der Waals surface area contributed by atoms with E-state index in [1.54, 1.807) is 36.0 Å². The minimum atomic E-state index is -3.17. The van der Waals surface area contributed by atoms with Crippen LogP contribution in [0, 0.1) is 0 Å². The van der Waals surface area contributed by atoms with Gasteiger partial charge in [-0.1, -0.05) is 12.1 Å². The molecule has 2 aromatic carbocycles. The van der Waals surface area contributed by atoms with E-state index in [2.05, 4.69) is 40.8 Å². The molecule has 0 aliphatic rings. The van der Waals surface area contributed by atoms with Gasteiger partial charge in [-0.15, -0.1) is 23.1 Å². The minimum absolute atomic E-state index is 0.307. The Bertz CT molecular complexity index is 931. The zero-order valence-corrected chi connectivity index (χ0v) is 15.6. The van der Waals surface area contributed by atoms with Crippen molar-refractivity contribution in [2.24, 2.45) is 0 Å². The third-order valence-corrected chi connectivity index (χ3v) is 6.05. The Balaban J connectivity index is 1.76. The van der Waals surface area contributed by atoms with Crippen LogP contribution in [0.25, 0.3) is 11.3 Å². The molecule has 0 unspecified atom stereocenters. The van der Waals surface area contributed by atoms with Gasteiger partial charge in [0.25, 0.3) is 0 Å². The maximum absolute atomic E-state index is 11.5. The van der Waals surface area contributed by atoms with Gasteiger partial charge in [0.2, 0.25) is 0 Å². The molecule has 7 heteroatoms. The standard InChI is InChI=1S/C17H16N2O2S3/c1-22-14-7-3-12(4-8-14)16-11-23-17(19-16)18-13-5-9-15(10-6-13)24(2,20)21/h3-11H,1-2H3,(H,18,19). The van der Waals surface area contributed by atoms with Gasteiger partial charge in [-0.25, -0.2) is 13.4 Å². The topological polar surface area (TPSA) is 59.1 Å². The van der Waals surface area contributed by atoms with Crippen molar-refractivity contribution in [3.63, 3.8) is 0 Å². The predicted molar refractivity (Wildman–Crippen MR) is 102 cm³/mol. The number of aromatic nitrogens is 1. The van der Waals surface area contributed by atoms with Crippen molar-refractivity contribution in [3.8, 4) is 11.3 Å². The summed E-state index contributed by atoms with van der Waals surface area (Å²) < 4.78 is 23.0. The van der Waals surface area contributed by atoms with Gasteiger partial charge in [-0.3, -0.25) is 0 Å². The smallest absolute Gasteiger partial charge is 0.187 e. The normalized spacial score (nSPS) is 11.4. The fourth-order valence-electron chi connectivity index (χ4n) is 2.13. The first-order chi connectivity index (χ1) is 11.5. The second kappa shape index (κ2) is 6.96. The summed E-state index contributed by atoms with van der Waals surface area (Å²) in [7, 11) is -3.17. The van der Waals surface area contributed by atoms with Gasteiger partial charge < -0.3 is 5.32 Å². The van der Waals surface area contributed by atoms with Crippen molar-refractivity contribution < 1.29 is 8.42 Å². The van der Waals surface area contributed by atoms with E-state index in [4.69, 9.17) is 0 Å². The molecule has 24 heavy (non-hydrogen) atoms. The van der Waals surface area contributed by atoms with E-state index in [0.29, 0.717) is 4.90 Å². The molecule has 1 heterocycles. The van der Waals surface area contributed by atoms with Crippen molar-refractivity contribution >= 4 is 43.8 Å². The number of sulfone groups is 1. The van der Waals surface area contributed by atoms with E-state index >= 15 is 0 Å². The van der Waals surface area contributed by atoms with Crippen molar-refractivity contribution in [3.05, 3.63) is 53.9 Å². The zero-order valence-electron chi connectivity index (χ0n) is 13.2. The van der Waals surface area contributed by atoms with Crippen LogP contribution >= 0.6 is 23.1 Å². The molecular weight excluding hydrogens is 360 g/mol. The first-order valence-corrected chi connectivity index (χ1v) is 11.1. The molecule has 0 atom stereocenters. The first-order valence-electron chi connectivity index (χ1n) is 7.13. The molecule has 0 saturated carbocycles. The number of anilines is 2. The fraction of sp³-hybridized carbons (Fsp3) is 0.118. The van der Waals surface area contributed by atoms with Gasteiger partial charge in [0.1, 0.15) is 0 Å². The van der Waals surface area contributed by atoms with Crippen LogP contribution in [-0.4, -0.2) is 25.9 Å². The van der Waals surface area contributed by atoms with Crippen molar-refractivity contribution in [2.75, 3.05) is 17.8 Å². The summed E-state index contributed by atoms with van der Waals surface area (Å²) in [5.41, 5.74) is 2.80. The number of nitrogens with zero attached hydrogens (tertiary/aromatic N) is 1. The summed E-state index contributed by atoms with van der Waals surface area (Å²) in [5.74, 6) is 0. The number of thiazole rings is 1. The van der Waals surface area contributed by atoms with Gasteiger partial charge >= 0.3 is 0 Å². The lowest BCUT2D eigenvalue weighted by molar-refractivity contribution is 0.602. The molecule has 4 nitrogen and oxygen atoms in total. The molecule has 1 N–H and O–H groups in total. The van der Waals surface area contributed by atoms with Crippen molar-refractivity contribution in [2.45, 2.75) is 9.79 Å². The van der Waals surface area contributed by atoms with E-state index in [9.17, 15) is 8.42 Å². The summed E-state index contributed by atoms with van der Waals surface area (Å²) in [6.07, 6.45) is 3.25. The van der Waals surface area contributed by atoms with Crippen LogP contribution in [0.3, 0.4) is 0 Å². The third-order valence-electron chi connectivity index (χ3n) is 3.42. The van der Waals surface area contributed by atoms with Gasteiger partial charge in [0.15, 0.2) is 15.0 Å². The highest BCUT2D eigenvalue weighted by molar-refractivity contribution is 7.98.